The molecule has 3 aromatic rings. The van der Waals surface area contributed by atoms with Crippen LogP contribution in [0.2, 0.25) is 0 Å². The van der Waals surface area contributed by atoms with E-state index in [2.05, 4.69) is 39.2 Å². The molecular formula is C25H28FN7O. The molecule has 0 bridgehead atoms. The number of nitrogens with zero attached hydrogens (tertiary/aromatic N) is 6. The lowest BCUT2D eigenvalue weighted by atomic mass is 9.94. The highest BCUT2D eigenvalue weighted by molar-refractivity contribution is 5.61. The van der Waals surface area contributed by atoms with Crippen molar-refractivity contribution < 1.29 is 9.13 Å². The maximum absolute atomic E-state index is 13.6. The third-order valence-electron chi connectivity index (χ3n) is 5.53. The first kappa shape index (κ1) is 23.2. The van der Waals surface area contributed by atoms with Gasteiger partial charge in [-0.15, -0.1) is 5.10 Å². The predicted octanol–water partition coefficient (Wildman–Crippen LogP) is 5.34. The van der Waals surface area contributed by atoms with Crippen molar-refractivity contribution in [2.45, 2.75) is 39.2 Å². The molecule has 0 radical (unpaired) electrons. The molecule has 176 valence electrons. The molecule has 34 heavy (non-hydrogen) atoms. The number of aryl methyl sites for hydroxylation is 2. The number of hydrogen-bond acceptors (Lipinski definition) is 6. The zero-order valence-electron chi connectivity index (χ0n) is 19.6. The Kier molecular flexibility index (Phi) is 7.01. The first-order valence-corrected chi connectivity index (χ1v) is 11.1. The van der Waals surface area contributed by atoms with E-state index in [1.165, 1.54) is 12.2 Å². The van der Waals surface area contributed by atoms with Gasteiger partial charge in [0.25, 0.3) is 0 Å². The van der Waals surface area contributed by atoms with E-state index >= 15 is 0 Å². The van der Waals surface area contributed by atoms with Gasteiger partial charge in [-0.1, -0.05) is 30.9 Å². The lowest BCUT2D eigenvalue weighted by Crippen LogP contribution is -2.13. The van der Waals surface area contributed by atoms with Crippen molar-refractivity contribution in [3.05, 3.63) is 84.5 Å². The molecule has 1 N–H and O–H groups in total. The average molecular weight is 462 g/mol. The topological polar surface area (TPSA) is 82.7 Å². The minimum absolute atomic E-state index is 0.104. The first-order valence-electron chi connectivity index (χ1n) is 11.1. The van der Waals surface area contributed by atoms with E-state index in [9.17, 15) is 4.39 Å². The Balaban J connectivity index is 1.60. The Bertz CT molecular complexity index is 1270. The van der Waals surface area contributed by atoms with Crippen LogP contribution in [0.4, 0.5) is 16.0 Å². The Morgan fingerprint density at radius 3 is 2.85 bits per heavy atom. The summed E-state index contributed by atoms with van der Waals surface area (Å²) in [5, 5.41) is 12.3. The van der Waals surface area contributed by atoms with Gasteiger partial charge in [0.1, 0.15) is 35.2 Å². The van der Waals surface area contributed by atoms with E-state index < -0.39 is 0 Å². The molecule has 8 nitrogen and oxygen atoms in total. The van der Waals surface area contributed by atoms with Gasteiger partial charge in [-0.05, 0) is 50.5 Å². The minimum Gasteiger partial charge on any atom is -0.494 e. The van der Waals surface area contributed by atoms with E-state index in [-0.39, 0.29) is 11.7 Å². The zero-order chi connectivity index (χ0) is 24.1. The van der Waals surface area contributed by atoms with Crippen molar-refractivity contribution in [3.8, 4) is 11.4 Å². The summed E-state index contributed by atoms with van der Waals surface area (Å²) in [6.07, 6.45) is 12.0. The van der Waals surface area contributed by atoms with Gasteiger partial charge in [0.2, 0.25) is 5.95 Å². The Morgan fingerprint density at radius 2 is 2.12 bits per heavy atom. The van der Waals surface area contributed by atoms with Gasteiger partial charge >= 0.3 is 0 Å². The van der Waals surface area contributed by atoms with Crippen LogP contribution >= 0.6 is 0 Å². The van der Waals surface area contributed by atoms with Crippen LogP contribution in [0.3, 0.4) is 0 Å². The molecule has 4 rings (SSSR count). The van der Waals surface area contributed by atoms with E-state index in [1.807, 2.05) is 29.8 Å². The van der Waals surface area contributed by atoms with Crippen LogP contribution < -0.4 is 10.1 Å². The van der Waals surface area contributed by atoms with Gasteiger partial charge in [-0.3, -0.25) is 0 Å². The minimum atomic E-state index is -0.301. The van der Waals surface area contributed by atoms with Crippen LogP contribution in [0.5, 0.6) is 5.75 Å². The first-order chi connectivity index (χ1) is 16.5. The van der Waals surface area contributed by atoms with Gasteiger partial charge in [0, 0.05) is 24.2 Å². The number of methoxy groups -OCH3 is 1. The van der Waals surface area contributed by atoms with Gasteiger partial charge in [0.05, 0.1) is 7.11 Å². The van der Waals surface area contributed by atoms with Gasteiger partial charge in [0.15, 0.2) is 0 Å². The van der Waals surface area contributed by atoms with Crippen LogP contribution in [-0.4, -0.2) is 36.6 Å². The van der Waals surface area contributed by atoms with Crippen LogP contribution in [-0.2, 0) is 6.54 Å². The van der Waals surface area contributed by atoms with Crippen LogP contribution in [0.25, 0.3) is 5.69 Å². The summed E-state index contributed by atoms with van der Waals surface area (Å²) in [6.45, 7) is 8.36. The van der Waals surface area contributed by atoms with Crippen LogP contribution in [0, 0.1) is 6.92 Å². The predicted molar refractivity (Wildman–Crippen MR) is 130 cm³/mol. The van der Waals surface area contributed by atoms with E-state index in [0.717, 1.165) is 35.6 Å². The molecule has 1 aliphatic rings. The summed E-state index contributed by atoms with van der Waals surface area (Å²) in [5.74, 6) is 2.18. The quantitative estimate of drug-likeness (QED) is 0.378. The van der Waals surface area contributed by atoms with Crippen molar-refractivity contribution in [2.24, 2.45) is 0 Å². The summed E-state index contributed by atoms with van der Waals surface area (Å²) < 4.78 is 22.7. The third-order valence-corrected chi connectivity index (χ3v) is 5.53. The number of hydrogen-bond donors (Lipinski definition) is 1. The molecular weight excluding hydrogens is 433 g/mol. The molecule has 0 fully saturated rings. The second-order valence-electron chi connectivity index (χ2n) is 7.89. The number of benzene rings is 1. The number of ether oxygens (including phenoxy) is 1. The molecule has 1 aromatic carbocycles. The van der Waals surface area contributed by atoms with Crippen molar-refractivity contribution in [3.63, 3.8) is 0 Å². The fourth-order valence-electron chi connectivity index (χ4n) is 3.73. The van der Waals surface area contributed by atoms with Crippen LogP contribution in [0.1, 0.15) is 37.3 Å². The lowest BCUT2D eigenvalue weighted by molar-refractivity contribution is 0.412. The molecule has 0 aliphatic carbocycles. The van der Waals surface area contributed by atoms with E-state index in [4.69, 9.17) is 9.72 Å². The van der Waals surface area contributed by atoms with Crippen molar-refractivity contribution >= 4 is 11.6 Å². The van der Waals surface area contributed by atoms with Crippen molar-refractivity contribution in [1.82, 2.24) is 29.5 Å². The summed E-state index contributed by atoms with van der Waals surface area (Å²) >= 11 is 0. The molecule has 3 heterocycles. The Hall–Kier alpha value is -4.01. The fourth-order valence-corrected chi connectivity index (χ4v) is 3.73. The number of aromatic nitrogens is 6. The standard InChI is InChI=1S/C25H28FN7O/c1-5-19(26)11-10-17(2)21-9-7-6-8-14-32-24(21)29-25(31-32)28-20-12-13-22(23(15-20)34-4)33-16-27-18(3)30-33/h5-7,10-13,15-16,21H,2,8-9,14H2,1,3-4H3,(H,28,31). The lowest BCUT2D eigenvalue weighted by Gasteiger charge is -2.17. The second-order valence-corrected chi connectivity index (χ2v) is 7.89. The highest BCUT2D eigenvalue weighted by atomic mass is 19.1. The number of allylic oxidation sites excluding steroid dienone is 7. The molecule has 0 saturated heterocycles. The third kappa shape index (κ3) is 5.14. The van der Waals surface area contributed by atoms with Crippen LogP contribution in [0.15, 0.2) is 72.9 Å². The summed E-state index contributed by atoms with van der Waals surface area (Å²) in [7, 11) is 1.61. The molecule has 0 amide bonds. The monoisotopic (exact) mass is 461 g/mol. The normalized spacial score (nSPS) is 16.2. The number of halogens is 1. The van der Waals surface area contributed by atoms with Crippen molar-refractivity contribution in [1.29, 1.82) is 0 Å². The summed E-state index contributed by atoms with van der Waals surface area (Å²) in [6, 6.07) is 5.68. The fraction of sp³-hybridized carbons (Fsp3) is 0.280. The van der Waals surface area contributed by atoms with Gasteiger partial charge in [-0.2, -0.15) is 10.1 Å². The number of nitrogens with one attached hydrogen (secondary N) is 1. The number of rotatable bonds is 7. The summed E-state index contributed by atoms with van der Waals surface area (Å²) in [4.78, 5) is 8.95. The van der Waals surface area contributed by atoms with E-state index in [0.29, 0.717) is 24.1 Å². The zero-order valence-corrected chi connectivity index (χ0v) is 19.6. The molecule has 2 aromatic heterocycles. The molecule has 1 unspecified atom stereocenters. The molecule has 0 saturated carbocycles. The SMILES string of the molecule is C=C(C=CC(F)=CC)C1CC=CCCn2nc(Nc3ccc(-n4cnc(C)n4)c(OC)c3)nc21. The largest absolute Gasteiger partial charge is 0.494 e. The number of fused-ring (bicyclic) bond motifs is 1. The second kappa shape index (κ2) is 10.3. The number of anilines is 2. The average Bonchev–Trinajstić information content (AvgIpc) is 3.43. The van der Waals surface area contributed by atoms with Crippen molar-refractivity contribution in [2.75, 3.05) is 12.4 Å². The molecule has 1 atom stereocenters. The van der Waals surface area contributed by atoms with Gasteiger partial charge < -0.3 is 10.1 Å². The Morgan fingerprint density at radius 1 is 1.26 bits per heavy atom. The summed E-state index contributed by atoms with van der Waals surface area (Å²) in [5.41, 5.74) is 2.33. The maximum atomic E-state index is 13.6. The van der Waals surface area contributed by atoms with Gasteiger partial charge in [-0.25, -0.2) is 18.7 Å². The van der Waals surface area contributed by atoms with E-state index in [1.54, 1.807) is 31.1 Å². The highest BCUT2D eigenvalue weighted by Crippen LogP contribution is 2.31. The molecule has 1 aliphatic heterocycles. The smallest absolute Gasteiger partial charge is 0.246 e. The Labute approximate surface area is 198 Å². The molecule has 0 spiro atoms. The molecule has 9 heteroatoms. The highest BCUT2D eigenvalue weighted by Gasteiger charge is 2.22. The maximum Gasteiger partial charge on any atom is 0.246 e.